The van der Waals surface area contributed by atoms with Crippen molar-refractivity contribution in [2.75, 3.05) is 11.5 Å². The van der Waals surface area contributed by atoms with E-state index < -0.39 is 9.84 Å². The molecule has 0 aromatic rings. The lowest BCUT2D eigenvalue weighted by atomic mass is 10.0. The van der Waals surface area contributed by atoms with Crippen molar-refractivity contribution in [1.82, 2.24) is 0 Å². The fourth-order valence-corrected chi connectivity index (χ4v) is 3.08. The Hall–Kier alpha value is -0.0900. The fourth-order valence-electron chi connectivity index (χ4n) is 1.49. The summed E-state index contributed by atoms with van der Waals surface area (Å²) in [6.45, 7) is 5.59. The van der Waals surface area contributed by atoms with E-state index in [4.69, 9.17) is 5.11 Å². The van der Waals surface area contributed by atoms with Crippen molar-refractivity contribution < 1.29 is 13.5 Å². The Morgan fingerprint density at radius 2 is 1.79 bits per heavy atom. The van der Waals surface area contributed by atoms with Crippen LogP contribution in [0.15, 0.2) is 0 Å². The summed E-state index contributed by atoms with van der Waals surface area (Å²) in [5.41, 5.74) is 0. The van der Waals surface area contributed by atoms with Gasteiger partial charge in [-0.3, -0.25) is 0 Å². The molecule has 0 aliphatic carbocycles. The molecule has 0 amide bonds. The van der Waals surface area contributed by atoms with E-state index in [2.05, 4.69) is 0 Å². The van der Waals surface area contributed by atoms with Crippen LogP contribution in [0, 0.1) is 5.92 Å². The van der Waals surface area contributed by atoms with Crippen molar-refractivity contribution in [1.29, 1.82) is 0 Å². The minimum atomic E-state index is -2.84. The molecule has 0 radical (unpaired) electrons. The van der Waals surface area contributed by atoms with Crippen LogP contribution < -0.4 is 0 Å². The first kappa shape index (κ1) is 13.9. The van der Waals surface area contributed by atoms with Crippen LogP contribution in [0.4, 0.5) is 0 Å². The van der Waals surface area contributed by atoms with Gasteiger partial charge in [0.25, 0.3) is 0 Å². The quantitative estimate of drug-likeness (QED) is 0.712. The standard InChI is InChI=1S/C10H22O3S/c1-4-6-14(12,13)7-5-9(2)8-10(3)11/h9-11H,4-8H2,1-3H3. The zero-order valence-corrected chi connectivity index (χ0v) is 10.2. The Bertz CT molecular complexity index is 232. The summed E-state index contributed by atoms with van der Waals surface area (Å²) in [6.07, 6.45) is 1.70. The number of aliphatic hydroxyl groups is 1. The molecule has 0 aliphatic rings. The average Bonchev–Trinajstić information content (AvgIpc) is 2.00. The summed E-state index contributed by atoms with van der Waals surface area (Å²) < 4.78 is 22.7. The molecule has 4 heteroatoms. The average molecular weight is 222 g/mol. The van der Waals surface area contributed by atoms with E-state index in [1.54, 1.807) is 6.92 Å². The number of hydrogen-bond acceptors (Lipinski definition) is 3. The summed E-state index contributed by atoms with van der Waals surface area (Å²) in [4.78, 5) is 0. The zero-order valence-electron chi connectivity index (χ0n) is 9.36. The van der Waals surface area contributed by atoms with Crippen molar-refractivity contribution in [3.63, 3.8) is 0 Å². The van der Waals surface area contributed by atoms with Gasteiger partial charge in [0.2, 0.25) is 0 Å². The number of rotatable bonds is 7. The van der Waals surface area contributed by atoms with Crippen molar-refractivity contribution in [3.05, 3.63) is 0 Å². The van der Waals surface area contributed by atoms with Crippen molar-refractivity contribution in [2.24, 2.45) is 5.92 Å². The van der Waals surface area contributed by atoms with Crippen LogP contribution in [0.25, 0.3) is 0 Å². The van der Waals surface area contributed by atoms with Crippen LogP contribution in [0.2, 0.25) is 0 Å². The Kier molecular flexibility index (Phi) is 6.36. The summed E-state index contributed by atoms with van der Waals surface area (Å²) in [7, 11) is -2.84. The van der Waals surface area contributed by atoms with E-state index >= 15 is 0 Å². The molecule has 2 unspecified atom stereocenters. The van der Waals surface area contributed by atoms with Crippen molar-refractivity contribution in [3.8, 4) is 0 Å². The zero-order chi connectivity index (χ0) is 11.2. The molecule has 1 N–H and O–H groups in total. The second-order valence-electron chi connectivity index (χ2n) is 4.13. The Morgan fingerprint density at radius 1 is 1.21 bits per heavy atom. The molecule has 0 spiro atoms. The maximum atomic E-state index is 11.4. The molecular formula is C10H22O3S. The lowest BCUT2D eigenvalue weighted by Crippen LogP contribution is -2.15. The van der Waals surface area contributed by atoms with Crippen molar-refractivity contribution in [2.45, 2.75) is 46.1 Å². The van der Waals surface area contributed by atoms with Gasteiger partial charge in [0.05, 0.1) is 11.9 Å². The van der Waals surface area contributed by atoms with E-state index in [0.29, 0.717) is 19.3 Å². The summed E-state index contributed by atoms with van der Waals surface area (Å²) in [5, 5.41) is 9.11. The first-order valence-electron chi connectivity index (χ1n) is 5.26. The van der Waals surface area contributed by atoms with Gasteiger partial charge in [-0.15, -0.1) is 0 Å². The van der Waals surface area contributed by atoms with Crippen LogP contribution in [-0.2, 0) is 9.84 Å². The third-order valence-electron chi connectivity index (χ3n) is 2.18. The summed E-state index contributed by atoms with van der Waals surface area (Å²) in [5.74, 6) is 0.824. The van der Waals surface area contributed by atoms with Gasteiger partial charge in [0.1, 0.15) is 9.84 Å². The second kappa shape index (κ2) is 6.40. The monoisotopic (exact) mass is 222 g/mol. The molecule has 0 rings (SSSR count). The van der Waals surface area contributed by atoms with Gasteiger partial charge in [-0.25, -0.2) is 8.42 Å². The highest BCUT2D eigenvalue weighted by Crippen LogP contribution is 2.12. The molecule has 2 atom stereocenters. The minimum Gasteiger partial charge on any atom is -0.393 e. The topological polar surface area (TPSA) is 54.4 Å². The third kappa shape index (κ3) is 7.33. The van der Waals surface area contributed by atoms with Gasteiger partial charge in [-0.2, -0.15) is 0 Å². The van der Waals surface area contributed by atoms with Crippen LogP contribution in [0.5, 0.6) is 0 Å². The van der Waals surface area contributed by atoms with Crippen LogP contribution >= 0.6 is 0 Å². The van der Waals surface area contributed by atoms with Crippen LogP contribution in [0.1, 0.15) is 40.0 Å². The smallest absolute Gasteiger partial charge is 0.150 e. The molecule has 0 saturated carbocycles. The first-order valence-corrected chi connectivity index (χ1v) is 7.08. The second-order valence-corrected chi connectivity index (χ2v) is 6.43. The SMILES string of the molecule is CCCS(=O)(=O)CCC(C)CC(C)O. The molecule has 0 aromatic heterocycles. The molecule has 0 saturated heterocycles. The normalized spacial score (nSPS) is 16.6. The third-order valence-corrected chi connectivity index (χ3v) is 4.07. The lowest BCUT2D eigenvalue weighted by molar-refractivity contribution is 0.163. The van der Waals surface area contributed by atoms with E-state index in [-0.39, 0.29) is 23.5 Å². The van der Waals surface area contributed by atoms with Crippen LogP contribution in [0.3, 0.4) is 0 Å². The summed E-state index contributed by atoms with van der Waals surface area (Å²) in [6, 6.07) is 0. The maximum absolute atomic E-state index is 11.4. The molecule has 86 valence electrons. The predicted molar refractivity (Wildman–Crippen MR) is 59.0 cm³/mol. The Morgan fingerprint density at radius 3 is 2.21 bits per heavy atom. The van der Waals surface area contributed by atoms with Gasteiger partial charge in [0, 0.05) is 5.75 Å². The van der Waals surface area contributed by atoms with E-state index in [1.165, 1.54) is 0 Å². The molecule has 14 heavy (non-hydrogen) atoms. The molecule has 0 fully saturated rings. The highest BCUT2D eigenvalue weighted by molar-refractivity contribution is 7.91. The maximum Gasteiger partial charge on any atom is 0.150 e. The Balaban J connectivity index is 3.82. The number of aliphatic hydroxyl groups excluding tert-OH is 1. The number of sulfone groups is 1. The van der Waals surface area contributed by atoms with E-state index in [0.717, 1.165) is 0 Å². The largest absolute Gasteiger partial charge is 0.393 e. The summed E-state index contributed by atoms with van der Waals surface area (Å²) >= 11 is 0. The van der Waals surface area contributed by atoms with Gasteiger partial charge >= 0.3 is 0 Å². The van der Waals surface area contributed by atoms with Gasteiger partial charge in [-0.05, 0) is 32.1 Å². The molecule has 0 heterocycles. The molecule has 3 nitrogen and oxygen atoms in total. The van der Waals surface area contributed by atoms with Gasteiger partial charge in [-0.1, -0.05) is 13.8 Å². The van der Waals surface area contributed by atoms with Crippen molar-refractivity contribution >= 4 is 9.84 Å². The van der Waals surface area contributed by atoms with Gasteiger partial charge < -0.3 is 5.11 Å². The fraction of sp³-hybridized carbons (Fsp3) is 1.00. The van der Waals surface area contributed by atoms with E-state index in [9.17, 15) is 8.42 Å². The highest BCUT2D eigenvalue weighted by Gasteiger charge is 2.13. The molecule has 0 aliphatic heterocycles. The Labute approximate surface area is 87.4 Å². The minimum absolute atomic E-state index is 0.259. The van der Waals surface area contributed by atoms with Gasteiger partial charge in [0.15, 0.2) is 0 Å². The number of hydrogen-bond donors (Lipinski definition) is 1. The first-order chi connectivity index (χ1) is 6.37. The molecule has 0 aromatic carbocycles. The predicted octanol–water partition coefficient (Wildman–Crippen LogP) is 1.61. The highest BCUT2D eigenvalue weighted by atomic mass is 32.2. The van der Waals surface area contributed by atoms with E-state index in [1.807, 2.05) is 13.8 Å². The lowest BCUT2D eigenvalue weighted by Gasteiger charge is -2.12. The molecular weight excluding hydrogens is 200 g/mol. The van der Waals surface area contributed by atoms with Crippen LogP contribution in [-0.4, -0.2) is 31.1 Å². The molecule has 0 bridgehead atoms.